The van der Waals surface area contributed by atoms with Gasteiger partial charge in [0, 0.05) is 30.5 Å². The van der Waals surface area contributed by atoms with Crippen molar-refractivity contribution < 1.29 is 28.7 Å². The molecule has 10 nitrogen and oxygen atoms in total. The maximum Gasteiger partial charge on any atom is 0.268 e. The Labute approximate surface area is 210 Å². The van der Waals surface area contributed by atoms with Gasteiger partial charge in [-0.05, 0) is 42.9 Å². The number of ketones is 1. The standard InChI is InChI=1S/C26H36N4O6/c1-26(2,3)13-20(30-24(33)19-12-16-17(28-19)7-6-8-22(16)36-5)25(34)29-18(21(31)14-35-4)11-15-9-10-27-23(15)32/h6-8,12,15,18,20,28H,9-11,13-14H2,1-5H3,(H,27,32)(H,29,34)(H,30,33)/t15-,18-,20-/m0/s1. The number of benzene rings is 1. The molecule has 1 aromatic heterocycles. The quantitative estimate of drug-likeness (QED) is 0.372. The van der Waals surface area contributed by atoms with E-state index in [-0.39, 0.29) is 41.7 Å². The van der Waals surface area contributed by atoms with E-state index in [4.69, 9.17) is 9.47 Å². The van der Waals surface area contributed by atoms with Gasteiger partial charge < -0.3 is 30.4 Å². The van der Waals surface area contributed by atoms with Crippen LogP contribution < -0.4 is 20.7 Å². The van der Waals surface area contributed by atoms with Crippen molar-refractivity contribution in [2.75, 3.05) is 27.4 Å². The minimum Gasteiger partial charge on any atom is -0.496 e. The highest BCUT2D eigenvalue weighted by Crippen LogP contribution is 2.27. The summed E-state index contributed by atoms with van der Waals surface area (Å²) in [6, 6.07) is 5.33. The Balaban J connectivity index is 1.80. The molecule has 3 rings (SSSR count). The minimum absolute atomic E-state index is 0.131. The number of ether oxygens (including phenoxy) is 2. The normalized spacial score (nSPS) is 17.4. The fourth-order valence-electron chi connectivity index (χ4n) is 4.43. The molecule has 4 N–H and O–H groups in total. The summed E-state index contributed by atoms with van der Waals surface area (Å²) in [5.74, 6) is -1.13. The second kappa shape index (κ2) is 11.6. The van der Waals surface area contributed by atoms with Crippen molar-refractivity contribution in [2.24, 2.45) is 11.3 Å². The first-order chi connectivity index (χ1) is 17.0. The number of H-pyrrole nitrogens is 1. The third-order valence-corrected chi connectivity index (χ3v) is 6.20. The van der Waals surface area contributed by atoms with Crippen LogP contribution in [0.5, 0.6) is 5.75 Å². The van der Waals surface area contributed by atoms with Crippen LogP contribution >= 0.6 is 0 Å². The van der Waals surface area contributed by atoms with Crippen molar-refractivity contribution in [1.82, 2.24) is 20.9 Å². The fourth-order valence-corrected chi connectivity index (χ4v) is 4.43. The Kier molecular flexibility index (Phi) is 8.73. The molecule has 0 unspecified atom stereocenters. The summed E-state index contributed by atoms with van der Waals surface area (Å²) in [5, 5.41) is 9.11. The number of carbonyl (C=O) groups is 4. The van der Waals surface area contributed by atoms with Crippen LogP contribution in [0.1, 0.15) is 50.5 Å². The lowest BCUT2D eigenvalue weighted by molar-refractivity contribution is -0.132. The number of fused-ring (bicyclic) bond motifs is 1. The van der Waals surface area contributed by atoms with Crippen LogP contribution in [0, 0.1) is 11.3 Å². The lowest BCUT2D eigenvalue weighted by atomic mass is 9.87. The van der Waals surface area contributed by atoms with E-state index in [1.54, 1.807) is 19.2 Å². The summed E-state index contributed by atoms with van der Waals surface area (Å²) in [6.45, 7) is 6.24. The average Bonchev–Trinajstić information content (AvgIpc) is 3.43. The summed E-state index contributed by atoms with van der Waals surface area (Å²) in [4.78, 5) is 54.4. The third kappa shape index (κ3) is 6.84. The Morgan fingerprint density at radius 2 is 1.89 bits per heavy atom. The van der Waals surface area contributed by atoms with Gasteiger partial charge in [-0.15, -0.1) is 0 Å². The van der Waals surface area contributed by atoms with Gasteiger partial charge in [0.25, 0.3) is 5.91 Å². The number of aromatic nitrogens is 1. The highest BCUT2D eigenvalue weighted by molar-refractivity contribution is 6.02. The van der Waals surface area contributed by atoms with Gasteiger partial charge in [0.1, 0.15) is 24.1 Å². The van der Waals surface area contributed by atoms with Gasteiger partial charge >= 0.3 is 0 Å². The molecule has 10 heteroatoms. The van der Waals surface area contributed by atoms with E-state index in [0.29, 0.717) is 25.1 Å². The van der Waals surface area contributed by atoms with E-state index in [9.17, 15) is 19.2 Å². The molecule has 3 atom stereocenters. The number of amides is 3. The van der Waals surface area contributed by atoms with E-state index in [0.717, 1.165) is 10.9 Å². The van der Waals surface area contributed by atoms with E-state index >= 15 is 0 Å². The van der Waals surface area contributed by atoms with Gasteiger partial charge in [-0.3, -0.25) is 19.2 Å². The molecule has 196 valence electrons. The zero-order chi connectivity index (χ0) is 26.5. The maximum atomic E-state index is 13.4. The number of carbonyl (C=O) groups excluding carboxylic acids is 4. The predicted octanol–water partition coefficient (Wildman–Crippen LogP) is 1.94. The first-order valence-electron chi connectivity index (χ1n) is 12.1. The van der Waals surface area contributed by atoms with E-state index in [1.165, 1.54) is 7.11 Å². The monoisotopic (exact) mass is 500 g/mol. The van der Waals surface area contributed by atoms with Crippen LogP contribution in [0.3, 0.4) is 0 Å². The number of rotatable bonds is 11. The van der Waals surface area contributed by atoms with E-state index in [2.05, 4.69) is 20.9 Å². The Morgan fingerprint density at radius 3 is 2.50 bits per heavy atom. The van der Waals surface area contributed by atoms with Crippen molar-refractivity contribution in [2.45, 2.75) is 52.1 Å². The zero-order valence-corrected chi connectivity index (χ0v) is 21.5. The van der Waals surface area contributed by atoms with Gasteiger partial charge in [-0.25, -0.2) is 0 Å². The third-order valence-electron chi connectivity index (χ3n) is 6.20. The second-order valence-electron chi connectivity index (χ2n) is 10.4. The van der Waals surface area contributed by atoms with Crippen LogP contribution in [-0.2, 0) is 19.1 Å². The molecule has 0 radical (unpaired) electrons. The second-order valence-corrected chi connectivity index (χ2v) is 10.4. The van der Waals surface area contributed by atoms with Crippen molar-refractivity contribution >= 4 is 34.4 Å². The summed E-state index contributed by atoms with van der Waals surface area (Å²) in [6.07, 6.45) is 1.11. The lowest BCUT2D eigenvalue weighted by Crippen LogP contribution is -2.53. The molecule has 2 heterocycles. The first-order valence-corrected chi connectivity index (χ1v) is 12.1. The van der Waals surface area contributed by atoms with Crippen LogP contribution in [0.15, 0.2) is 24.3 Å². The van der Waals surface area contributed by atoms with E-state index < -0.39 is 23.9 Å². The Bertz CT molecular complexity index is 1120. The maximum absolute atomic E-state index is 13.4. The number of methoxy groups -OCH3 is 2. The van der Waals surface area contributed by atoms with Gasteiger partial charge in [0.15, 0.2) is 5.78 Å². The molecule has 1 fully saturated rings. The Morgan fingerprint density at radius 1 is 1.14 bits per heavy atom. The molecular formula is C26H36N4O6. The fraction of sp³-hybridized carbons (Fsp3) is 0.538. The molecule has 1 aliphatic heterocycles. The topological polar surface area (TPSA) is 139 Å². The number of aromatic amines is 1. The number of Topliss-reactive ketones (excluding diaryl/α,β-unsaturated/α-hetero) is 1. The molecule has 0 spiro atoms. The molecule has 1 aromatic carbocycles. The largest absolute Gasteiger partial charge is 0.496 e. The molecule has 1 aliphatic rings. The van der Waals surface area contributed by atoms with Crippen LogP contribution in [0.25, 0.3) is 10.9 Å². The van der Waals surface area contributed by atoms with Crippen molar-refractivity contribution in [3.05, 3.63) is 30.0 Å². The average molecular weight is 501 g/mol. The highest BCUT2D eigenvalue weighted by Gasteiger charge is 2.34. The lowest BCUT2D eigenvalue weighted by Gasteiger charge is -2.28. The number of hydrogen-bond acceptors (Lipinski definition) is 6. The molecule has 0 aliphatic carbocycles. The molecular weight excluding hydrogens is 464 g/mol. The first kappa shape index (κ1) is 27.2. The van der Waals surface area contributed by atoms with E-state index in [1.807, 2.05) is 32.9 Å². The van der Waals surface area contributed by atoms with Crippen LogP contribution in [-0.4, -0.2) is 67.9 Å². The predicted molar refractivity (Wildman–Crippen MR) is 135 cm³/mol. The Hall–Kier alpha value is -3.40. The summed E-state index contributed by atoms with van der Waals surface area (Å²) >= 11 is 0. The highest BCUT2D eigenvalue weighted by atomic mass is 16.5. The molecule has 36 heavy (non-hydrogen) atoms. The SMILES string of the molecule is COCC(=O)[C@H](C[C@@H]1CCNC1=O)NC(=O)[C@H](CC(C)(C)C)NC(=O)c1cc2c(OC)cccc2[nH]1. The minimum atomic E-state index is -0.902. The summed E-state index contributed by atoms with van der Waals surface area (Å²) in [7, 11) is 2.96. The summed E-state index contributed by atoms with van der Waals surface area (Å²) in [5.41, 5.74) is 0.725. The molecule has 0 bridgehead atoms. The van der Waals surface area contributed by atoms with Gasteiger partial charge in [-0.1, -0.05) is 26.8 Å². The number of hydrogen-bond donors (Lipinski definition) is 4. The van der Waals surface area contributed by atoms with Crippen molar-refractivity contribution in [3.63, 3.8) is 0 Å². The molecule has 2 aromatic rings. The van der Waals surface area contributed by atoms with Crippen LogP contribution in [0.4, 0.5) is 0 Å². The smallest absolute Gasteiger partial charge is 0.268 e. The van der Waals surface area contributed by atoms with Gasteiger partial charge in [0.05, 0.1) is 13.2 Å². The van der Waals surface area contributed by atoms with Crippen molar-refractivity contribution in [3.8, 4) is 5.75 Å². The van der Waals surface area contributed by atoms with Crippen molar-refractivity contribution in [1.29, 1.82) is 0 Å². The van der Waals surface area contributed by atoms with Gasteiger partial charge in [-0.2, -0.15) is 0 Å². The van der Waals surface area contributed by atoms with Gasteiger partial charge in [0.2, 0.25) is 11.8 Å². The molecule has 1 saturated heterocycles. The zero-order valence-electron chi connectivity index (χ0n) is 21.5. The summed E-state index contributed by atoms with van der Waals surface area (Å²) < 4.78 is 10.4. The molecule has 0 saturated carbocycles. The number of nitrogens with one attached hydrogen (secondary N) is 4. The molecule has 3 amide bonds. The van der Waals surface area contributed by atoms with Crippen LogP contribution in [0.2, 0.25) is 0 Å².